The molecular formula is C10H11NO3. The molecule has 0 radical (unpaired) electrons. The molecule has 0 saturated heterocycles. The third kappa shape index (κ3) is 1.28. The summed E-state index contributed by atoms with van der Waals surface area (Å²) in [6.07, 6.45) is 0.402. The van der Waals surface area contributed by atoms with E-state index >= 15 is 0 Å². The van der Waals surface area contributed by atoms with Gasteiger partial charge in [0.05, 0.1) is 19.3 Å². The quantitative estimate of drug-likeness (QED) is 0.681. The van der Waals surface area contributed by atoms with Crippen LogP contribution < -0.4 is 15.2 Å². The molecule has 4 heteroatoms. The largest absolute Gasteiger partial charge is 0.493 e. The number of benzene rings is 1. The Morgan fingerprint density at radius 1 is 1.50 bits per heavy atom. The standard InChI is InChI=1S/C10H11NO3/c1-13-9-5-6(11)4-7-8(12)2-3-14-10(7)9/h4-5H,2-3,11H2,1H3. The van der Waals surface area contributed by atoms with Crippen molar-refractivity contribution in [1.29, 1.82) is 0 Å². The molecule has 0 atom stereocenters. The molecule has 0 fully saturated rings. The highest BCUT2D eigenvalue weighted by Gasteiger charge is 2.22. The Labute approximate surface area is 81.6 Å². The van der Waals surface area contributed by atoms with Gasteiger partial charge in [-0.3, -0.25) is 4.79 Å². The number of carbonyl (C=O) groups excluding carboxylic acids is 1. The molecule has 1 aliphatic heterocycles. The molecular weight excluding hydrogens is 182 g/mol. The fraction of sp³-hybridized carbons (Fsp3) is 0.300. The highest BCUT2D eigenvalue weighted by molar-refractivity contribution is 6.01. The van der Waals surface area contributed by atoms with Crippen molar-refractivity contribution in [3.63, 3.8) is 0 Å². The molecule has 0 aliphatic carbocycles. The molecule has 0 spiro atoms. The monoisotopic (exact) mass is 193 g/mol. The Hall–Kier alpha value is -1.71. The fourth-order valence-corrected chi connectivity index (χ4v) is 1.51. The molecule has 0 bridgehead atoms. The van der Waals surface area contributed by atoms with Crippen LogP contribution >= 0.6 is 0 Å². The van der Waals surface area contributed by atoms with Crippen molar-refractivity contribution in [2.75, 3.05) is 19.5 Å². The maximum atomic E-state index is 11.5. The second kappa shape index (κ2) is 3.21. The smallest absolute Gasteiger partial charge is 0.172 e. The van der Waals surface area contributed by atoms with Gasteiger partial charge in [0.15, 0.2) is 17.3 Å². The molecule has 1 heterocycles. The van der Waals surface area contributed by atoms with E-state index in [0.717, 1.165) is 0 Å². The van der Waals surface area contributed by atoms with Gasteiger partial charge in [0.2, 0.25) is 0 Å². The van der Waals surface area contributed by atoms with E-state index < -0.39 is 0 Å². The molecule has 0 aromatic heterocycles. The van der Waals surface area contributed by atoms with E-state index in [1.54, 1.807) is 12.1 Å². The normalized spacial score (nSPS) is 14.5. The molecule has 0 unspecified atom stereocenters. The van der Waals surface area contributed by atoms with Crippen LogP contribution in [0.25, 0.3) is 0 Å². The van der Waals surface area contributed by atoms with E-state index in [9.17, 15) is 4.79 Å². The zero-order valence-electron chi connectivity index (χ0n) is 7.87. The van der Waals surface area contributed by atoms with Gasteiger partial charge in [0.25, 0.3) is 0 Å². The predicted octanol–water partition coefficient (Wildman–Crippen LogP) is 1.24. The lowest BCUT2D eigenvalue weighted by Gasteiger charge is -2.19. The Bertz CT molecular complexity index is 387. The Morgan fingerprint density at radius 2 is 2.29 bits per heavy atom. The van der Waals surface area contributed by atoms with Crippen LogP contribution in [0.5, 0.6) is 11.5 Å². The Morgan fingerprint density at radius 3 is 3.00 bits per heavy atom. The van der Waals surface area contributed by atoms with Crippen LogP contribution in [0.15, 0.2) is 12.1 Å². The number of fused-ring (bicyclic) bond motifs is 1. The van der Waals surface area contributed by atoms with E-state index in [2.05, 4.69) is 0 Å². The lowest BCUT2D eigenvalue weighted by atomic mass is 10.0. The summed E-state index contributed by atoms with van der Waals surface area (Å²) in [6, 6.07) is 3.27. The molecule has 2 rings (SSSR count). The van der Waals surface area contributed by atoms with Crippen LogP contribution in [0.3, 0.4) is 0 Å². The van der Waals surface area contributed by atoms with Gasteiger partial charge < -0.3 is 15.2 Å². The number of nitrogens with two attached hydrogens (primary N) is 1. The van der Waals surface area contributed by atoms with Crippen molar-refractivity contribution in [2.45, 2.75) is 6.42 Å². The van der Waals surface area contributed by atoms with Crippen molar-refractivity contribution in [2.24, 2.45) is 0 Å². The molecule has 0 saturated carbocycles. The second-order valence-corrected chi connectivity index (χ2v) is 3.12. The summed E-state index contributed by atoms with van der Waals surface area (Å²) in [6.45, 7) is 0.409. The Balaban J connectivity index is 2.60. The molecule has 74 valence electrons. The number of hydrogen-bond donors (Lipinski definition) is 1. The number of rotatable bonds is 1. The highest BCUT2D eigenvalue weighted by atomic mass is 16.5. The number of ketones is 1. The number of Topliss-reactive ketones (excluding diaryl/α,β-unsaturated/α-hetero) is 1. The van der Waals surface area contributed by atoms with E-state index in [-0.39, 0.29) is 5.78 Å². The zero-order chi connectivity index (χ0) is 10.1. The van der Waals surface area contributed by atoms with E-state index in [1.165, 1.54) is 7.11 Å². The van der Waals surface area contributed by atoms with Crippen LogP contribution in [-0.4, -0.2) is 19.5 Å². The van der Waals surface area contributed by atoms with E-state index in [0.29, 0.717) is 35.8 Å². The summed E-state index contributed by atoms with van der Waals surface area (Å²) in [7, 11) is 1.53. The first kappa shape index (κ1) is 8.87. The molecule has 1 aromatic rings. The van der Waals surface area contributed by atoms with Crippen LogP contribution in [0, 0.1) is 0 Å². The fourth-order valence-electron chi connectivity index (χ4n) is 1.51. The van der Waals surface area contributed by atoms with Crippen molar-refractivity contribution < 1.29 is 14.3 Å². The number of hydrogen-bond acceptors (Lipinski definition) is 4. The number of anilines is 1. The van der Waals surface area contributed by atoms with Crippen molar-refractivity contribution in [3.05, 3.63) is 17.7 Å². The summed E-state index contributed by atoms with van der Waals surface area (Å²) >= 11 is 0. The first-order chi connectivity index (χ1) is 6.72. The van der Waals surface area contributed by atoms with Crippen LogP contribution in [0.2, 0.25) is 0 Å². The molecule has 14 heavy (non-hydrogen) atoms. The minimum Gasteiger partial charge on any atom is -0.493 e. The topological polar surface area (TPSA) is 61.6 Å². The third-order valence-electron chi connectivity index (χ3n) is 2.17. The number of nitrogen functional groups attached to an aromatic ring is 1. The summed E-state index contributed by atoms with van der Waals surface area (Å²) in [5, 5.41) is 0. The summed E-state index contributed by atoms with van der Waals surface area (Å²) in [4.78, 5) is 11.5. The predicted molar refractivity (Wildman–Crippen MR) is 51.8 cm³/mol. The first-order valence-electron chi connectivity index (χ1n) is 4.36. The first-order valence-corrected chi connectivity index (χ1v) is 4.36. The molecule has 0 amide bonds. The summed E-state index contributed by atoms with van der Waals surface area (Å²) in [5.74, 6) is 1.09. The van der Waals surface area contributed by atoms with E-state index in [4.69, 9.17) is 15.2 Å². The van der Waals surface area contributed by atoms with Gasteiger partial charge in [-0.05, 0) is 6.07 Å². The number of methoxy groups -OCH3 is 1. The van der Waals surface area contributed by atoms with Gasteiger partial charge >= 0.3 is 0 Å². The number of ether oxygens (including phenoxy) is 2. The molecule has 1 aliphatic rings. The second-order valence-electron chi connectivity index (χ2n) is 3.12. The van der Waals surface area contributed by atoms with Gasteiger partial charge in [-0.15, -0.1) is 0 Å². The van der Waals surface area contributed by atoms with Gasteiger partial charge in [-0.25, -0.2) is 0 Å². The van der Waals surface area contributed by atoms with Gasteiger partial charge in [-0.2, -0.15) is 0 Å². The van der Waals surface area contributed by atoms with Crippen molar-refractivity contribution in [1.82, 2.24) is 0 Å². The van der Waals surface area contributed by atoms with Crippen LogP contribution in [-0.2, 0) is 0 Å². The molecule has 2 N–H and O–H groups in total. The lowest BCUT2D eigenvalue weighted by Crippen LogP contribution is -2.16. The minimum atomic E-state index is 0.0526. The SMILES string of the molecule is COc1cc(N)cc2c1OCCC2=O. The zero-order valence-corrected chi connectivity index (χ0v) is 7.87. The summed E-state index contributed by atoms with van der Waals surface area (Å²) < 4.78 is 10.5. The molecule has 1 aromatic carbocycles. The minimum absolute atomic E-state index is 0.0526. The maximum absolute atomic E-state index is 11.5. The Kier molecular flexibility index (Phi) is 2.04. The average Bonchev–Trinajstić information content (AvgIpc) is 2.18. The van der Waals surface area contributed by atoms with Crippen molar-refractivity contribution in [3.8, 4) is 11.5 Å². The van der Waals surface area contributed by atoms with Crippen molar-refractivity contribution >= 4 is 11.5 Å². The van der Waals surface area contributed by atoms with Gasteiger partial charge in [-0.1, -0.05) is 0 Å². The van der Waals surface area contributed by atoms with Gasteiger partial charge in [0.1, 0.15) is 0 Å². The van der Waals surface area contributed by atoms with E-state index in [1.807, 2.05) is 0 Å². The lowest BCUT2D eigenvalue weighted by molar-refractivity contribution is 0.0930. The van der Waals surface area contributed by atoms with Crippen LogP contribution in [0.4, 0.5) is 5.69 Å². The third-order valence-corrected chi connectivity index (χ3v) is 2.17. The highest BCUT2D eigenvalue weighted by Crippen LogP contribution is 2.36. The maximum Gasteiger partial charge on any atom is 0.172 e. The number of carbonyl (C=O) groups is 1. The summed E-state index contributed by atoms with van der Waals surface area (Å²) in [5.41, 5.74) is 6.67. The molecule has 4 nitrogen and oxygen atoms in total. The van der Waals surface area contributed by atoms with Crippen LogP contribution in [0.1, 0.15) is 16.8 Å². The average molecular weight is 193 g/mol. The van der Waals surface area contributed by atoms with Gasteiger partial charge in [0, 0.05) is 18.2 Å².